The molecule has 0 bridgehead atoms. The first-order chi connectivity index (χ1) is 7.59. The number of aliphatic carboxylic acids is 1. The van der Waals surface area contributed by atoms with Gasteiger partial charge in [0.2, 0.25) is 0 Å². The van der Waals surface area contributed by atoms with Gasteiger partial charge in [-0.2, -0.15) is 0 Å². The van der Waals surface area contributed by atoms with Gasteiger partial charge in [-0.3, -0.25) is 4.79 Å². The van der Waals surface area contributed by atoms with Crippen molar-refractivity contribution in [3.05, 3.63) is 23.0 Å². The smallest absolute Gasteiger partial charge is 0.550 e. The van der Waals surface area contributed by atoms with Crippen LogP contribution < -0.4 is 34.7 Å². The second-order valence-corrected chi connectivity index (χ2v) is 4.24. The van der Waals surface area contributed by atoms with Crippen molar-refractivity contribution in [1.29, 1.82) is 0 Å². The first-order valence-corrected chi connectivity index (χ1v) is 5.50. The monoisotopic (exact) mass is 243 g/mol. The third kappa shape index (κ3) is 3.00. The van der Waals surface area contributed by atoms with Crippen molar-refractivity contribution in [2.45, 2.75) is 32.1 Å². The Bertz CT molecular complexity index is 451. The van der Waals surface area contributed by atoms with Crippen LogP contribution in [0, 0.1) is 0 Å². The summed E-state index contributed by atoms with van der Waals surface area (Å²) in [6, 6.07) is 1.83. The van der Waals surface area contributed by atoms with Crippen LogP contribution in [0.25, 0.3) is 0 Å². The summed E-state index contributed by atoms with van der Waals surface area (Å²) in [6.07, 6.45) is 3.72. The summed E-state index contributed by atoms with van der Waals surface area (Å²) in [5, 5.41) is 10.4. The molecule has 0 fully saturated rings. The normalized spacial score (nSPS) is 13.7. The van der Waals surface area contributed by atoms with Gasteiger partial charge in [-0.05, 0) is 37.3 Å². The van der Waals surface area contributed by atoms with Gasteiger partial charge in [-0.15, -0.1) is 0 Å². The minimum Gasteiger partial charge on any atom is -0.550 e. The number of nitrogens with zero attached hydrogens (tertiary/aromatic N) is 1. The Labute approximate surface area is 122 Å². The van der Waals surface area contributed by atoms with E-state index < -0.39 is 12.4 Å². The van der Waals surface area contributed by atoms with E-state index in [9.17, 15) is 14.7 Å². The minimum atomic E-state index is -1.32. The van der Waals surface area contributed by atoms with Crippen molar-refractivity contribution in [3.63, 3.8) is 0 Å². The quantitative estimate of drug-likeness (QED) is 0.328. The van der Waals surface area contributed by atoms with Crippen molar-refractivity contribution in [3.8, 4) is 0 Å². The maximum Gasteiger partial charge on any atom is 1.00 e. The minimum absolute atomic E-state index is 0. The number of carboxylic acids is 1. The molecule has 0 aromatic carbocycles. The maximum absolute atomic E-state index is 11.7. The summed E-state index contributed by atoms with van der Waals surface area (Å²) in [7, 11) is 1.83. The molecule has 17 heavy (non-hydrogen) atoms. The predicted molar refractivity (Wildman–Crippen MR) is 56.0 cm³/mol. The molecule has 0 unspecified atom stereocenters. The van der Waals surface area contributed by atoms with E-state index in [0.29, 0.717) is 5.69 Å². The second kappa shape index (κ2) is 5.85. The number of ketones is 1. The fourth-order valence-corrected chi connectivity index (χ4v) is 2.35. The van der Waals surface area contributed by atoms with Gasteiger partial charge in [0.05, 0.1) is 12.1 Å². The molecule has 1 aliphatic rings. The van der Waals surface area contributed by atoms with Crippen LogP contribution in [0.15, 0.2) is 6.07 Å². The third-order valence-corrected chi connectivity index (χ3v) is 3.15. The Kier molecular flexibility index (Phi) is 4.98. The number of aromatic nitrogens is 1. The second-order valence-electron chi connectivity index (χ2n) is 4.24. The molecule has 0 amide bonds. The zero-order chi connectivity index (χ0) is 11.7. The van der Waals surface area contributed by atoms with Gasteiger partial charge >= 0.3 is 29.6 Å². The van der Waals surface area contributed by atoms with Crippen molar-refractivity contribution < 1.29 is 44.3 Å². The molecule has 1 aromatic rings. The maximum atomic E-state index is 11.7. The van der Waals surface area contributed by atoms with E-state index in [2.05, 4.69) is 0 Å². The van der Waals surface area contributed by atoms with Crippen LogP contribution in [0.1, 0.15) is 41.0 Å². The molecule has 2 rings (SSSR count). The Morgan fingerprint density at radius 1 is 1.35 bits per heavy atom. The molecule has 4 nitrogen and oxygen atoms in total. The Morgan fingerprint density at radius 3 is 2.59 bits per heavy atom. The van der Waals surface area contributed by atoms with E-state index in [0.717, 1.165) is 25.7 Å². The van der Waals surface area contributed by atoms with Crippen molar-refractivity contribution in [2.75, 3.05) is 0 Å². The topological polar surface area (TPSA) is 62.1 Å². The molecular weight excluding hydrogens is 229 g/mol. The number of carbonyl (C=O) groups is 2. The van der Waals surface area contributed by atoms with Crippen LogP contribution in [0.4, 0.5) is 0 Å². The fourth-order valence-electron chi connectivity index (χ4n) is 2.35. The summed E-state index contributed by atoms with van der Waals surface area (Å²) in [5.74, 6) is -1.68. The van der Waals surface area contributed by atoms with Crippen molar-refractivity contribution >= 4 is 11.8 Å². The van der Waals surface area contributed by atoms with Crippen molar-refractivity contribution in [1.82, 2.24) is 4.57 Å². The van der Waals surface area contributed by atoms with Crippen LogP contribution in [0.2, 0.25) is 0 Å². The van der Waals surface area contributed by atoms with E-state index >= 15 is 0 Å². The molecule has 1 heterocycles. The zero-order valence-electron chi connectivity index (χ0n) is 10.3. The van der Waals surface area contributed by atoms with Gasteiger partial charge in [0.1, 0.15) is 0 Å². The average molecular weight is 243 g/mol. The van der Waals surface area contributed by atoms with Gasteiger partial charge in [-0.1, -0.05) is 0 Å². The summed E-state index contributed by atoms with van der Waals surface area (Å²) >= 11 is 0. The number of carbonyl (C=O) groups excluding carboxylic acids is 2. The molecule has 0 saturated carbocycles. The molecule has 0 atom stereocenters. The van der Waals surface area contributed by atoms with Crippen LogP contribution in [-0.2, 0) is 24.7 Å². The number of rotatable bonds is 3. The molecule has 5 heteroatoms. The summed E-state index contributed by atoms with van der Waals surface area (Å²) in [4.78, 5) is 22.0. The molecule has 1 aromatic heterocycles. The molecule has 0 aliphatic heterocycles. The van der Waals surface area contributed by atoms with Gasteiger partial charge in [-0.25, -0.2) is 0 Å². The van der Waals surface area contributed by atoms with E-state index in [1.165, 1.54) is 11.3 Å². The third-order valence-electron chi connectivity index (χ3n) is 3.15. The summed E-state index contributed by atoms with van der Waals surface area (Å²) in [6.45, 7) is 0. The predicted octanol–water partition coefficient (Wildman–Crippen LogP) is -2.77. The van der Waals surface area contributed by atoms with Crippen LogP contribution >= 0.6 is 0 Å². The average Bonchev–Trinajstić information content (AvgIpc) is 2.56. The fraction of sp³-hybridized carbons (Fsp3) is 0.500. The molecule has 0 saturated heterocycles. The number of aryl methyl sites for hydroxylation is 1. The standard InChI is InChI=1S/C12H15NO3.Na/c1-13-9-5-3-2-4-8(9)6-10(13)11(14)7-12(15)16;/h6H,2-5,7H2,1H3,(H,15,16);/q;+1/p-1. The molecule has 0 spiro atoms. The number of fused-ring (bicyclic) bond motifs is 1. The van der Waals surface area contributed by atoms with E-state index in [-0.39, 0.29) is 35.3 Å². The van der Waals surface area contributed by atoms with Crippen LogP contribution in [0.3, 0.4) is 0 Å². The molecule has 1 aliphatic carbocycles. The summed E-state index contributed by atoms with van der Waals surface area (Å²) < 4.78 is 1.83. The largest absolute Gasteiger partial charge is 1.00 e. The number of hydrogen-bond acceptors (Lipinski definition) is 3. The van der Waals surface area contributed by atoms with E-state index in [1.807, 2.05) is 17.7 Å². The molecule has 86 valence electrons. The van der Waals surface area contributed by atoms with E-state index in [1.54, 1.807) is 0 Å². The number of hydrogen-bond donors (Lipinski definition) is 0. The van der Waals surface area contributed by atoms with Gasteiger partial charge in [0.15, 0.2) is 5.78 Å². The first-order valence-electron chi connectivity index (χ1n) is 5.50. The van der Waals surface area contributed by atoms with Crippen LogP contribution in [-0.4, -0.2) is 16.3 Å². The first kappa shape index (κ1) is 14.5. The Hall–Kier alpha value is -0.580. The Morgan fingerprint density at radius 2 is 2.00 bits per heavy atom. The molecular formula is C12H14NNaO3. The van der Waals surface area contributed by atoms with Crippen molar-refractivity contribution in [2.24, 2.45) is 7.05 Å². The number of carboxylic acid groups (broad SMARTS) is 1. The van der Waals surface area contributed by atoms with Crippen LogP contribution in [0.5, 0.6) is 0 Å². The summed E-state index contributed by atoms with van der Waals surface area (Å²) in [5.41, 5.74) is 2.86. The molecule has 0 N–H and O–H groups in total. The molecule has 0 radical (unpaired) electrons. The Balaban J connectivity index is 0.00000144. The zero-order valence-corrected chi connectivity index (χ0v) is 12.3. The van der Waals surface area contributed by atoms with Gasteiger partial charge in [0, 0.05) is 18.7 Å². The van der Waals surface area contributed by atoms with Gasteiger partial charge < -0.3 is 14.5 Å². The van der Waals surface area contributed by atoms with E-state index in [4.69, 9.17) is 0 Å². The SMILES string of the molecule is Cn1c(C(=O)CC(=O)[O-])cc2c1CCCC2.[Na+]. The number of Topliss-reactive ketones (excluding diaryl/α,β-unsaturated/α-hetero) is 1. The van der Waals surface area contributed by atoms with Gasteiger partial charge in [0.25, 0.3) is 0 Å².